The van der Waals surface area contributed by atoms with Crippen molar-refractivity contribution in [3.05, 3.63) is 35.9 Å². The molecule has 0 bridgehead atoms. The zero-order valence-corrected chi connectivity index (χ0v) is 11.9. The summed E-state index contributed by atoms with van der Waals surface area (Å²) in [7, 11) is 0. The van der Waals surface area contributed by atoms with Gasteiger partial charge in [0.2, 0.25) is 5.91 Å². The first-order valence-corrected chi connectivity index (χ1v) is 7.51. The van der Waals surface area contributed by atoms with Crippen molar-refractivity contribution >= 4 is 23.6 Å². The number of carboxylic acid groups (broad SMARTS) is 1. The van der Waals surface area contributed by atoms with Crippen molar-refractivity contribution in [3.63, 3.8) is 0 Å². The number of nitrogens with one attached hydrogen (secondary N) is 1. The van der Waals surface area contributed by atoms with Crippen LogP contribution in [0.5, 0.6) is 0 Å². The Hall–Kier alpha value is -1.49. The van der Waals surface area contributed by atoms with Gasteiger partial charge in [-0.2, -0.15) is 11.8 Å². The molecule has 5 heteroatoms. The Kier molecular flexibility index (Phi) is 6.42. The molecule has 0 aromatic heterocycles. The standard InChI is InChI=1S/C14H19NO3S/c1-10(14(17)18)13(11-6-4-3-5-7-11)15-12(16)8-9-19-2/h3-7,10,13H,8-9H2,1-2H3,(H,15,16)(H,17,18). The highest BCUT2D eigenvalue weighted by Gasteiger charge is 2.26. The third-order valence-corrected chi connectivity index (χ3v) is 3.51. The van der Waals surface area contributed by atoms with Crippen molar-refractivity contribution < 1.29 is 14.7 Å². The molecule has 2 N–H and O–H groups in total. The van der Waals surface area contributed by atoms with Crippen LogP contribution in [-0.4, -0.2) is 29.0 Å². The summed E-state index contributed by atoms with van der Waals surface area (Å²) in [5, 5.41) is 12.0. The van der Waals surface area contributed by atoms with Crippen molar-refractivity contribution in [2.24, 2.45) is 5.92 Å². The Balaban J connectivity index is 2.82. The second kappa shape index (κ2) is 7.84. The molecule has 0 aliphatic rings. The highest BCUT2D eigenvalue weighted by Crippen LogP contribution is 2.22. The molecule has 0 fully saturated rings. The fourth-order valence-electron chi connectivity index (χ4n) is 1.74. The van der Waals surface area contributed by atoms with E-state index in [4.69, 9.17) is 5.11 Å². The summed E-state index contributed by atoms with van der Waals surface area (Å²) in [4.78, 5) is 22.9. The van der Waals surface area contributed by atoms with Gasteiger partial charge in [0.15, 0.2) is 0 Å². The highest BCUT2D eigenvalue weighted by atomic mass is 32.2. The number of benzene rings is 1. The molecule has 1 rings (SSSR count). The number of hydrogen-bond donors (Lipinski definition) is 2. The number of carbonyl (C=O) groups is 2. The average molecular weight is 281 g/mol. The van der Waals surface area contributed by atoms with Crippen LogP contribution in [0.1, 0.15) is 24.9 Å². The Morgan fingerprint density at radius 2 is 1.95 bits per heavy atom. The van der Waals surface area contributed by atoms with Crippen molar-refractivity contribution in [1.29, 1.82) is 0 Å². The predicted molar refractivity (Wildman–Crippen MR) is 77.1 cm³/mol. The van der Waals surface area contributed by atoms with Crippen LogP contribution in [0.2, 0.25) is 0 Å². The number of carbonyl (C=O) groups excluding carboxylic acids is 1. The molecule has 2 atom stereocenters. The molecule has 1 amide bonds. The smallest absolute Gasteiger partial charge is 0.308 e. The van der Waals surface area contributed by atoms with Crippen LogP contribution < -0.4 is 5.32 Å². The third kappa shape index (κ3) is 4.95. The van der Waals surface area contributed by atoms with Gasteiger partial charge in [0.25, 0.3) is 0 Å². The summed E-state index contributed by atoms with van der Waals surface area (Å²) in [6.45, 7) is 1.61. The molecule has 104 valence electrons. The van der Waals surface area contributed by atoms with Crippen LogP contribution >= 0.6 is 11.8 Å². The maximum atomic E-state index is 11.8. The summed E-state index contributed by atoms with van der Waals surface area (Å²) in [6, 6.07) is 8.71. The van der Waals surface area contributed by atoms with Crippen molar-refractivity contribution in [2.45, 2.75) is 19.4 Å². The van der Waals surface area contributed by atoms with E-state index in [1.165, 1.54) is 0 Å². The summed E-state index contributed by atoms with van der Waals surface area (Å²) < 4.78 is 0. The van der Waals surface area contributed by atoms with E-state index in [0.29, 0.717) is 6.42 Å². The second-order valence-corrected chi connectivity index (χ2v) is 5.31. The summed E-state index contributed by atoms with van der Waals surface area (Å²) in [6.07, 6.45) is 2.33. The molecule has 1 aromatic carbocycles. The van der Waals surface area contributed by atoms with Gasteiger partial charge >= 0.3 is 5.97 Å². The Morgan fingerprint density at radius 3 is 2.47 bits per heavy atom. The average Bonchev–Trinajstić information content (AvgIpc) is 2.42. The molecule has 19 heavy (non-hydrogen) atoms. The minimum Gasteiger partial charge on any atom is -0.481 e. The van der Waals surface area contributed by atoms with Gasteiger partial charge in [-0.15, -0.1) is 0 Å². The predicted octanol–water partition coefficient (Wildman–Crippen LogP) is 2.32. The SMILES string of the molecule is CSCCC(=O)NC(c1ccccc1)C(C)C(=O)O. The van der Waals surface area contributed by atoms with Gasteiger partial charge in [0.1, 0.15) is 0 Å². The monoisotopic (exact) mass is 281 g/mol. The van der Waals surface area contributed by atoms with Gasteiger partial charge in [0, 0.05) is 12.2 Å². The Labute approximate surface area is 117 Å². The summed E-state index contributed by atoms with van der Waals surface area (Å²) >= 11 is 1.59. The van der Waals surface area contributed by atoms with E-state index < -0.39 is 17.9 Å². The van der Waals surface area contributed by atoms with E-state index in [9.17, 15) is 9.59 Å². The maximum absolute atomic E-state index is 11.8. The number of rotatable bonds is 7. The Bertz CT molecular complexity index is 422. The van der Waals surface area contributed by atoms with Crippen LogP contribution in [0.15, 0.2) is 30.3 Å². The van der Waals surface area contributed by atoms with Gasteiger partial charge in [-0.05, 0) is 18.7 Å². The van der Waals surface area contributed by atoms with E-state index in [-0.39, 0.29) is 5.91 Å². The van der Waals surface area contributed by atoms with Crippen LogP contribution in [0.4, 0.5) is 0 Å². The lowest BCUT2D eigenvalue weighted by molar-refractivity contribution is -0.142. The molecule has 0 spiro atoms. The van der Waals surface area contributed by atoms with Gasteiger partial charge < -0.3 is 10.4 Å². The summed E-state index contributed by atoms with van der Waals surface area (Å²) in [5.41, 5.74) is 0.815. The first-order valence-electron chi connectivity index (χ1n) is 6.12. The van der Waals surface area contributed by atoms with Crippen molar-refractivity contribution in [3.8, 4) is 0 Å². The fourth-order valence-corrected chi connectivity index (χ4v) is 2.13. The molecule has 0 aliphatic carbocycles. The second-order valence-electron chi connectivity index (χ2n) is 4.33. The minimum absolute atomic E-state index is 0.115. The van der Waals surface area contributed by atoms with Crippen LogP contribution in [-0.2, 0) is 9.59 Å². The lowest BCUT2D eigenvalue weighted by atomic mass is 9.94. The van der Waals surface area contributed by atoms with Gasteiger partial charge in [-0.3, -0.25) is 9.59 Å². The zero-order valence-electron chi connectivity index (χ0n) is 11.1. The van der Waals surface area contributed by atoms with Gasteiger partial charge in [0.05, 0.1) is 12.0 Å². The molecular weight excluding hydrogens is 262 g/mol. The summed E-state index contributed by atoms with van der Waals surface area (Å²) in [5.74, 6) is -0.967. The number of aliphatic carboxylic acids is 1. The van der Waals surface area contributed by atoms with E-state index in [1.54, 1.807) is 18.7 Å². The topological polar surface area (TPSA) is 66.4 Å². The number of thioether (sulfide) groups is 1. The molecular formula is C14H19NO3S. The first-order chi connectivity index (χ1) is 9.06. The molecule has 0 aliphatic heterocycles. The van der Waals surface area contributed by atoms with E-state index in [0.717, 1.165) is 11.3 Å². The normalized spacial score (nSPS) is 13.6. The molecule has 0 heterocycles. The lowest BCUT2D eigenvalue weighted by Gasteiger charge is -2.23. The molecule has 1 aromatic rings. The number of amides is 1. The molecule has 2 unspecified atom stereocenters. The van der Waals surface area contributed by atoms with E-state index in [1.807, 2.05) is 36.6 Å². The molecule has 0 saturated heterocycles. The van der Waals surface area contributed by atoms with Crippen molar-refractivity contribution in [1.82, 2.24) is 5.32 Å². The van der Waals surface area contributed by atoms with Crippen LogP contribution in [0.3, 0.4) is 0 Å². The van der Waals surface area contributed by atoms with E-state index in [2.05, 4.69) is 5.32 Å². The van der Waals surface area contributed by atoms with Gasteiger partial charge in [-0.25, -0.2) is 0 Å². The number of hydrogen-bond acceptors (Lipinski definition) is 3. The van der Waals surface area contributed by atoms with E-state index >= 15 is 0 Å². The zero-order chi connectivity index (χ0) is 14.3. The fraction of sp³-hybridized carbons (Fsp3) is 0.429. The third-order valence-electron chi connectivity index (χ3n) is 2.90. The Morgan fingerprint density at radius 1 is 1.32 bits per heavy atom. The van der Waals surface area contributed by atoms with Crippen molar-refractivity contribution in [2.75, 3.05) is 12.0 Å². The molecule has 0 radical (unpaired) electrons. The minimum atomic E-state index is -0.918. The van der Waals surface area contributed by atoms with Crippen LogP contribution in [0.25, 0.3) is 0 Å². The first kappa shape index (κ1) is 15.6. The lowest BCUT2D eigenvalue weighted by Crippen LogP contribution is -2.35. The highest BCUT2D eigenvalue weighted by molar-refractivity contribution is 7.98. The molecule has 4 nitrogen and oxygen atoms in total. The number of carboxylic acids is 1. The van der Waals surface area contributed by atoms with Gasteiger partial charge in [-0.1, -0.05) is 30.3 Å². The quantitative estimate of drug-likeness (QED) is 0.805. The molecule has 0 saturated carbocycles. The van der Waals surface area contributed by atoms with Crippen LogP contribution in [0, 0.1) is 5.92 Å². The maximum Gasteiger partial charge on any atom is 0.308 e. The largest absolute Gasteiger partial charge is 0.481 e.